The lowest BCUT2D eigenvalue weighted by atomic mass is 9.79. The van der Waals surface area contributed by atoms with Gasteiger partial charge in [-0.05, 0) is 25.7 Å². The molecule has 0 amide bonds. The molecule has 0 aromatic carbocycles. The normalized spacial score (nSPS) is 26.6. The van der Waals surface area contributed by atoms with E-state index in [2.05, 4.69) is 10.3 Å². The molecule has 0 radical (unpaired) electrons. The van der Waals surface area contributed by atoms with Gasteiger partial charge in [-0.2, -0.15) is 0 Å². The maximum Gasteiger partial charge on any atom is 0.306 e. The number of nitrogens with zero attached hydrogens (tertiary/aromatic N) is 1. The maximum atomic E-state index is 10.9. The van der Waals surface area contributed by atoms with Gasteiger partial charge in [0.15, 0.2) is 0 Å². The van der Waals surface area contributed by atoms with E-state index in [1.807, 2.05) is 6.92 Å². The second kappa shape index (κ2) is 6.37. The van der Waals surface area contributed by atoms with Crippen molar-refractivity contribution in [2.75, 3.05) is 6.54 Å². The van der Waals surface area contributed by atoms with Crippen LogP contribution in [0.2, 0.25) is 0 Å². The van der Waals surface area contributed by atoms with E-state index < -0.39 is 11.6 Å². The van der Waals surface area contributed by atoms with E-state index in [0.717, 1.165) is 12.2 Å². The van der Waals surface area contributed by atoms with E-state index in [4.69, 9.17) is 9.52 Å². The number of aromatic nitrogens is 1. The van der Waals surface area contributed by atoms with E-state index in [0.29, 0.717) is 44.7 Å². The Morgan fingerprint density at radius 2 is 2.25 bits per heavy atom. The highest BCUT2D eigenvalue weighted by atomic mass is 16.4. The summed E-state index contributed by atoms with van der Waals surface area (Å²) in [5.74, 6) is 0.396. The van der Waals surface area contributed by atoms with Gasteiger partial charge in [-0.3, -0.25) is 4.79 Å². The minimum atomic E-state index is -0.813. The molecule has 2 rings (SSSR count). The Labute approximate surface area is 118 Å². The van der Waals surface area contributed by atoms with Crippen molar-refractivity contribution in [2.45, 2.75) is 51.2 Å². The number of hydrogen-bond acceptors (Lipinski definition) is 5. The van der Waals surface area contributed by atoms with Gasteiger partial charge in [-0.1, -0.05) is 6.92 Å². The van der Waals surface area contributed by atoms with Crippen molar-refractivity contribution in [3.05, 3.63) is 17.8 Å². The van der Waals surface area contributed by atoms with Gasteiger partial charge in [0.25, 0.3) is 0 Å². The summed E-state index contributed by atoms with van der Waals surface area (Å²) in [5, 5.41) is 22.5. The van der Waals surface area contributed by atoms with Gasteiger partial charge in [0.2, 0.25) is 5.89 Å². The number of aliphatic carboxylic acids is 1. The van der Waals surface area contributed by atoms with Crippen molar-refractivity contribution in [1.82, 2.24) is 10.3 Å². The molecule has 0 bridgehead atoms. The summed E-state index contributed by atoms with van der Waals surface area (Å²) in [5.41, 5.74) is -0.813. The van der Waals surface area contributed by atoms with Gasteiger partial charge in [0.1, 0.15) is 5.76 Å². The molecule has 3 N–H and O–H groups in total. The van der Waals surface area contributed by atoms with Crippen LogP contribution in [0.5, 0.6) is 0 Å². The maximum absolute atomic E-state index is 10.9. The summed E-state index contributed by atoms with van der Waals surface area (Å²) in [4.78, 5) is 15.0. The summed E-state index contributed by atoms with van der Waals surface area (Å²) < 4.78 is 5.47. The predicted octanol–water partition coefficient (Wildman–Crippen LogP) is 1.33. The van der Waals surface area contributed by atoms with Gasteiger partial charge in [-0.25, -0.2) is 4.98 Å². The Kier molecular flexibility index (Phi) is 4.77. The lowest BCUT2D eigenvalue weighted by Crippen LogP contribution is -2.44. The molecular weight excluding hydrogens is 260 g/mol. The molecule has 0 unspecified atom stereocenters. The number of nitrogens with one attached hydrogen (secondary N) is 1. The highest BCUT2D eigenvalue weighted by Crippen LogP contribution is 2.31. The van der Waals surface area contributed by atoms with Crippen LogP contribution in [0.25, 0.3) is 0 Å². The Bertz CT molecular complexity index is 450. The van der Waals surface area contributed by atoms with Crippen molar-refractivity contribution in [1.29, 1.82) is 0 Å². The summed E-state index contributed by atoms with van der Waals surface area (Å²) in [6.45, 7) is 2.91. The lowest BCUT2D eigenvalue weighted by Gasteiger charge is -2.34. The van der Waals surface area contributed by atoms with Crippen molar-refractivity contribution >= 4 is 5.97 Å². The first-order valence-corrected chi connectivity index (χ1v) is 7.12. The minimum absolute atomic E-state index is 0.311. The molecule has 6 heteroatoms. The monoisotopic (exact) mass is 282 g/mol. The second-order valence-electron chi connectivity index (χ2n) is 5.51. The molecule has 1 heterocycles. The number of carbonyl (C=O) groups is 1. The predicted molar refractivity (Wildman–Crippen MR) is 72.1 cm³/mol. The third kappa shape index (κ3) is 3.80. The first-order valence-electron chi connectivity index (χ1n) is 7.12. The fraction of sp³-hybridized carbons (Fsp3) is 0.714. The van der Waals surface area contributed by atoms with Gasteiger partial charge in [-0.15, -0.1) is 0 Å². The number of rotatable bonds is 6. The number of oxazole rings is 1. The third-order valence-corrected chi connectivity index (χ3v) is 3.95. The average Bonchev–Trinajstić information content (AvgIpc) is 2.87. The van der Waals surface area contributed by atoms with E-state index in [1.54, 1.807) is 6.20 Å². The van der Waals surface area contributed by atoms with E-state index in [9.17, 15) is 9.90 Å². The molecule has 6 nitrogen and oxygen atoms in total. The molecule has 0 saturated heterocycles. The fourth-order valence-electron chi connectivity index (χ4n) is 2.57. The zero-order chi connectivity index (χ0) is 14.6. The second-order valence-corrected chi connectivity index (χ2v) is 5.51. The summed E-state index contributed by atoms with van der Waals surface area (Å²) in [6, 6.07) is 0. The van der Waals surface area contributed by atoms with Crippen molar-refractivity contribution in [3.8, 4) is 0 Å². The number of carboxylic acids is 1. The molecule has 0 spiro atoms. The topological polar surface area (TPSA) is 95.6 Å². The van der Waals surface area contributed by atoms with Crippen LogP contribution in [-0.4, -0.2) is 33.3 Å². The van der Waals surface area contributed by atoms with E-state index in [1.165, 1.54) is 0 Å². The lowest BCUT2D eigenvalue weighted by molar-refractivity contribution is -0.144. The smallest absolute Gasteiger partial charge is 0.306 e. The Morgan fingerprint density at radius 3 is 2.80 bits per heavy atom. The number of hydrogen-bond donors (Lipinski definition) is 3. The number of aliphatic hydroxyl groups is 1. The molecule has 20 heavy (non-hydrogen) atoms. The molecule has 1 aliphatic rings. The van der Waals surface area contributed by atoms with E-state index in [-0.39, 0.29) is 5.92 Å². The summed E-state index contributed by atoms with van der Waals surface area (Å²) in [6.07, 6.45) is 4.63. The molecular formula is C14H22N2O4. The Morgan fingerprint density at radius 1 is 1.55 bits per heavy atom. The van der Waals surface area contributed by atoms with Gasteiger partial charge >= 0.3 is 5.97 Å². The molecule has 1 saturated carbocycles. The largest absolute Gasteiger partial charge is 0.481 e. The molecule has 0 aliphatic heterocycles. The molecule has 112 valence electrons. The number of aryl methyl sites for hydroxylation is 1. The van der Waals surface area contributed by atoms with Gasteiger partial charge in [0, 0.05) is 13.0 Å². The zero-order valence-corrected chi connectivity index (χ0v) is 11.8. The van der Waals surface area contributed by atoms with Crippen molar-refractivity contribution < 1.29 is 19.4 Å². The van der Waals surface area contributed by atoms with Crippen LogP contribution in [-0.2, 0) is 17.8 Å². The van der Waals surface area contributed by atoms with Crippen LogP contribution in [0.4, 0.5) is 0 Å². The SMILES string of the molecule is CCc1cnc(CNCC2(O)CCC(C(=O)O)CC2)o1. The standard InChI is InChI=1S/C14H22N2O4/c1-2-11-7-16-12(20-11)8-15-9-14(19)5-3-10(4-6-14)13(17)18/h7,10,15,19H,2-6,8-9H2,1H3,(H,17,18). The highest BCUT2D eigenvalue weighted by molar-refractivity contribution is 5.70. The summed E-state index contributed by atoms with van der Waals surface area (Å²) >= 11 is 0. The van der Waals surface area contributed by atoms with Crippen LogP contribution < -0.4 is 5.32 Å². The molecule has 1 aliphatic carbocycles. The minimum Gasteiger partial charge on any atom is -0.481 e. The Hall–Kier alpha value is -1.40. The fourth-order valence-corrected chi connectivity index (χ4v) is 2.57. The van der Waals surface area contributed by atoms with Crippen LogP contribution >= 0.6 is 0 Å². The van der Waals surface area contributed by atoms with Gasteiger partial charge < -0.3 is 19.9 Å². The first kappa shape index (κ1) is 15.0. The average molecular weight is 282 g/mol. The Balaban J connectivity index is 1.75. The van der Waals surface area contributed by atoms with E-state index >= 15 is 0 Å². The summed E-state index contributed by atoms with van der Waals surface area (Å²) in [7, 11) is 0. The third-order valence-electron chi connectivity index (χ3n) is 3.95. The van der Waals surface area contributed by atoms with Gasteiger partial charge in [0.05, 0.1) is 24.3 Å². The van der Waals surface area contributed by atoms with Crippen LogP contribution in [0.3, 0.4) is 0 Å². The van der Waals surface area contributed by atoms with Crippen LogP contribution in [0.1, 0.15) is 44.3 Å². The van der Waals surface area contributed by atoms with Crippen molar-refractivity contribution in [3.63, 3.8) is 0 Å². The molecule has 1 aromatic rings. The van der Waals surface area contributed by atoms with Crippen molar-refractivity contribution in [2.24, 2.45) is 5.92 Å². The highest BCUT2D eigenvalue weighted by Gasteiger charge is 2.35. The zero-order valence-electron chi connectivity index (χ0n) is 11.8. The molecule has 1 aromatic heterocycles. The number of carboxylic acid groups (broad SMARTS) is 1. The molecule has 0 atom stereocenters. The quantitative estimate of drug-likeness (QED) is 0.728. The molecule has 1 fully saturated rings. The van der Waals surface area contributed by atoms with Crippen LogP contribution in [0, 0.1) is 5.92 Å². The van der Waals surface area contributed by atoms with Crippen LogP contribution in [0.15, 0.2) is 10.6 Å². The first-order chi connectivity index (χ1) is 9.52.